The molecule has 0 aliphatic heterocycles. The van der Waals surface area contributed by atoms with Crippen LogP contribution >= 0.6 is 0 Å². The summed E-state index contributed by atoms with van der Waals surface area (Å²) in [6.07, 6.45) is 1.17. The summed E-state index contributed by atoms with van der Waals surface area (Å²) in [5.41, 5.74) is 4.28. The Morgan fingerprint density at radius 3 is 2.75 bits per heavy atom. The van der Waals surface area contributed by atoms with E-state index in [1.165, 1.54) is 5.56 Å². The van der Waals surface area contributed by atoms with Gasteiger partial charge >= 0.3 is 0 Å². The van der Waals surface area contributed by atoms with Gasteiger partial charge in [0.05, 0.1) is 23.9 Å². The van der Waals surface area contributed by atoms with Crippen LogP contribution in [0.25, 0.3) is 11.0 Å². The Morgan fingerprint density at radius 2 is 1.96 bits per heavy atom. The Hall–Kier alpha value is -2.33. The number of aliphatic hydroxyl groups excluding tert-OH is 1. The van der Waals surface area contributed by atoms with Crippen LogP contribution < -0.4 is 4.74 Å². The van der Waals surface area contributed by atoms with Crippen LogP contribution in [-0.4, -0.2) is 27.4 Å². The van der Waals surface area contributed by atoms with E-state index in [4.69, 9.17) is 4.74 Å². The quantitative estimate of drug-likeness (QED) is 0.748. The SMILES string of the molecule is Cc1ccc(C(C)C)c(OC[C@H](O)Cn2cnc3ccccc32)c1. The highest BCUT2D eigenvalue weighted by molar-refractivity contribution is 5.74. The molecule has 1 aromatic heterocycles. The third-order valence-electron chi connectivity index (χ3n) is 4.16. The number of benzene rings is 2. The lowest BCUT2D eigenvalue weighted by Gasteiger charge is -2.18. The predicted molar refractivity (Wildman–Crippen MR) is 96.5 cm³/mol. The van der Waals surface area contributed by atoms with Gasteiger partial charge in [0.15, 0.2) is 0 Å². The van der Waals surface area contributed by atoms with E-state index in [0.717, 1.165) is 22.3 Å². The number of aryl methyl sites for hydroxylation is 1. The van der Waals surface area contributed by atoms with E-state index in [2.05, 4.69) is 31.0 Å². The molecule has 3 rings (SSSR count). The minimum atomic E-state index is -0.594. The number of fused-ring (bicyclic) bond motifs is 1. The van der Waals surface area contributed by atoms with Gasteiger partial charge in [-0.3, -0.25) is 0 Å². The number of aliphatic hydroxyl groups is 1. The number of hydrogen-bond acceptors (Lipinski definition) is 3. The molecule has 0 bridgehead atoms. The highest BCUT2D eigenvalue weighted by atomic mass is 16.5. The molecule has 0 saturated carbocycles. The van der Waals surface area contributed by atoms with Crippen LogP contribution in [0, 0.1) is 6.92 Å². The van der Waals surface area contributed by atoms with E-state index in [-0.39, 0.29) is 6.61 Å². The summed E-state index contributed by atoms with van der Waals surface area (Å²) in [6, 6.07) is 14.1. The molecule has 4 heteroatoms. The number of nitrogens with zero attached hydrogens (tertiary/aromatic N) is 2. The van der Waals surface area contributed by atoms with Crippen molar-refractivity contribution >= 4 is 11.0 Å². The average molecular weight is 324 g/mol. The van der Waals surface area contributed by atoms with Crippen molar-refractivity contribution in [3.8, 4) is 5.75 Å². The van der Waals surface area contributed by atoms with Crippen LogP contribution in [0.4, 0.5) is 0 Å². The summed E-state index contributed by atoms with van der Waals surface area (Å²) in [4.78, 5) is 4.35. The third-order valence-corrected chi connectivity index (χ3v) is 4.16. The second-order valence-corrected chi connectivity index (χ2v) is 6.55. The van der Waals surface area contributed by atoms with Crippen LogP contribution in [0.3, 0.4) is 0 Å². The average Bonchev–Trinajstić information content (AvgIpc) is 2.96. The van der Waals surface area contributed by atoms with Crippen LogP contribution in [0.15, 0.2) is 48.8 Å². The van der Waals surface area contributed by atoms with Crippen molar-refractivity contribution in [2.75, 3.05) is 6.61 Å². The van der Waals surface area contributed by atoms with Gasteiger partial charge in [0, 0.05) is 0 Å². The highest BCUT2D eigenvalue weighted by Gasteiger charge is 2.12. The number of ether oxygens (including phenoxy) is 1. The van der Waals surface area contributed by atoms with Crippen molar-refractivity contribution in [2.24, 2.45) is 0 Å². The summed E-state index contributed by atoms with van der Waals surface area (Å²) in [5, 5.41) is 10.4. The summed E-state index contributed by atoms with van der Waals surface area (Å²) >= 11 is 0. The van der Waals surface area contributed by atoms with Crippen LogP contribution in [-0.2, 0) is 6.54 Å². The Morgan fingerprint density at radius 1 is 1.17 bits per heavy atom. The fourth-order valence-electron chi connectivity index (χ4n) is 2.87. The van der Waals surface area contributed by atoms with Gasteiger partial charge in [-0.15, -0.1) is 0 Å². The molecule has 0 unspecified atom stereocenters. The topological polar surface area (TPSA) is 47.3 Å². The van der Waals surface area contributed by atoms with Gasteiger partial charge in [-0.2, -0.15) is 0 Å². The van der Waals surface area contributed by atoms with Crippen LogP contribution in [0.2, 0.25) is 0 Å². The Balaban J connectivity index is 1.68. The van der Waals surface area contributed by atoms with E-state index >= 15 is 0 Å². The minimum absolute atomic E-state index is 0.260. The Kier molecular flexibility index (Phi) is 4.86. The fraction of sp³-hybridized carbons (Fsp3) is 0.350. The molecule has 0 aliphatic rings. The van der Waals surface area contributed by atoms with Crippen LogP contribution in [0.1, 0.15) is 30.9 Å². The minimum Gasteiger partial charge on any atom is -0.491 e. The van der Waals surface area contributed by atoms with Gasteiger partial charge < -0.3 is 14.4 Å². The molecule has 0 aliphatic carbocycles. The summed E-state index contributed by atoms with van der Waals surface area (Å²) in [6.45, 7) is 7.06. The molecule has 0 saturated heterocycles. The van der Waals surface area contributed by atoms with Gasteiger partial charge in [-0.1, -0.05) is 38.1 Å². The third kappa shape index (κ3) is 3.60. The zero-order valence-corrected chi connectivity index (χ0v) is 14.4. The van der Waals surface area contributed by atoms with Crippen molar-refractivity contribution in [3.05, 3.63) is 59.9 Å². The van der Waals surface area contributed by atoms with E-state index < -0.39 is 6.10 Å². The molecule has 1 heterocycles. The molecule has 0 amide bonds. The molecule has 1 N–H and O–H groups in total. The molecule has 1 atom stereocenters. The Bertz CT molecular complexity index is 823. The van der Waals surface area contributed by atoms with E-state index in [1.54, 1.807) is 6.33 Å². The number of imidazole rings is 1. The van der Waals surface area contributed by atoms with Crippen molar-refractivity contribution in [3.63, 3.8) is 0 Å². The molecule has 4 nitrogen and oxygen atoms in total. The smallest absolute Gasteiger partial charge is 0.123 e. The van der Waals surface area contributed by atoms with Crippen molar-refractivity contribution in [2.45, 2.75) is 39.3 Å². The normalized spacial score (nSPS) is 12.7. The van der Waals surface area contributed by atoms with Crippen molar-refractivity contribution in [1.82, 2.24) is 9.55 Å². The largest absolute Gasteiger partial charge is 0.491 e. The molecule has 0 radical (unpaired) electrons. The standard InChI is InChI=1S/C20H24N2O2/c1-14(2)17-9-8-15(3)10-20(17)24-12-16(23)11-22-13-21-18-6-4-5-7-19(18)22/h4-10,13-14,16,23H,11-12H2,1-3H3/t16-/m1/s1. The maximum atomic E-state index is 10.4. The molecule has 0 spiro atoms. The van der Waals surface area contributed by atoms with E-state index in [1.807, 2.05) is 41.8 Å². The summed E-state index contributed by atoms with van der Waals surface area (Å²) in [7, 11) is 0. The molecule has 0 fully saturated rings. The van der Waals surface area contributed by atoms with E-state index in [9.17, 15) is 5.11 Å². The first kappa shape index (κ1) is 16.5. The van der Waals surface area contributed by atoms with Gasteiger partial charge in [-0.25, -0.2) is 4.98 Å². The summed E-state index contributed by atoms with van der Waals surface area (Å²) in [5.74, 6) is 1.25. The molecule has 3 aromatic rings. The highest BCUT2D eigenvalue weighted by Crippen LogP contribution is 2.27. The lowest BCUT2D eigenvalue weighted by Crippen LogP contribution is -2.23. The van der Waals surface area contributed by atoms with Crippen molar-refractivity contribution in [1.29, 1.82) is 0 Å². The Labute approximate surface area is 142 Å². The van der Waals surface area contributed by atoms with Gasteiger partial charge in [0.25, 0.3) is 0 Å². The fourth-order valence-corrected chi connectivity index (χ4v) is 2.87. The lowest BCUT2D eigenvalue weighted by molar-refractivity contribution is 0.0928. The van der Waals surface area contributed by atoms with Gasteiger partial charge in [0.2, 0.25) is 0 Å². The maximum absolute atomic E-state index is 10.4. The maximum Gasteiger partial charge on any atom is 0.123 e. The first-order chi connectivity index (χ1) is 11.5. The van der Waals surface area contributed by atoms with Crippen molar-refractivity contribution < 1.29 is 9.84 Å². The van der Waals surface area contributed by atoms with E-state index in [0.29, 0.717) is 12.5 Å². The van der Waals surface area contributed by atoms with Gasteiger partial charge in [-0.05, 0) is 42.2 Å². The number of aromatic nitrogens is 2. The number of hydrogen-bond donors (Lipinski definition) is 1. The molecular weight excluding hydrogens is 300 g/mol. The lowest BCUT2D eigenvalue weighted by atomic mass is 10.0. The summed E-state index contributed by atoms with van der Waals surface area (Å²) < 4.78 is 7.88. The van der Waals surface area contributed by atoms with Gasteiger partial charge in [0.1, 0.15) is 18.5 Å². The molecular formula is C20H24N2O2. The monoisotopic (exact) mass is 324 g/mol. The zero-order valence-electron chi connectivity index (χ0n) is 14.4. The second-order valence-electron chi connectivity index (χ2n) is 6.55. The van der Waals surface area contributed by atoms with Crippen LogP contribution in [0.5, 0.6) is 5.75 Å². The molecule has 2 aromatic carbocycles. The molecule has 24 heavy (non-hydrogen) atoms. The second kappa shape index (κ2) is 7.05. The number of para-hydroxylation sites is 2. The first-order valence-corrected chi connectivity index (χ1v) is 8.36. The zero-order chi connectivity index (χ0) is 17.1. The predicted octanol–water partition coefficient (Wildman–Crippen LogP) is 3.91. The number of rotatable bonds is 6. The first-order valence-electron chi connectivity index (χ1n) is 8.36. The molecule has 126 valence electrons.